The quantitative estimate of drug-likeness (QED) is 0.792. The van der Waals surface area contributed by atoms with Gasteiger partial charge in [-0.1, -0.05) is 6.07 Å². The van der Waals surface area contributed by atoms with Gasteiger partial charge in [-0.15, -0.1) is 0 Å². The summed E-state index contributed by atoms with van der Waals surface area (Å²) in [6.45, 7) is 2.03. The molecule has 1 aliphatic carbocycles. The van der Waals surface area contributed by atoms with E-state index in [9.17, 15) is 0 Å². The lowest BCUT2D eigenvalue weighted by Crippen LogP contribution is -2.23. The zero-order valence-corrected chi connectivity index (χ0v) is 9.53. The second-order valence-corrected chi connectivity index (χ2v) is 4.34. The molecule has 1 aromatic rings. The molecular formula is C12H19N3. The van der Waals surface area contributed by atoms with Crippen LogP contribution in [0.15, 0.2) is 18.3 Å². The Labute approximate surface area is 91.5 Å². The summed E-state index contributed by atoms with van der Waals surface area (Å²) in [4.78, 5) is 6.75. The lowest BCUT2D eigenvalue weighted by Gasteiger charge is -2.20. The summed E-state index contributed by atoms with van der Waals surface area (Å²) >= 11 is 0. The minimum Gasteiger partial charge on any atom is -0.359 e. The highest BCUT2D eigenvalue weighted by Gasteiger charge is 2.23. The van der Waals surface area contributed by atoms with E-state index in [1.54, 1.807) is 0 Å². The van der Waals surface area contributed by atoms with E-state index in [0.29, 0.717) is 0 Å². The predicted molar refractivity (Wildman–Crippen MR) is 63.0 cm³/mol. The minimum atomic E-state index is 0.887. The summed E-state index contributed by atoms with van der Waals surface area (Å²) in [6, 6.07) is 4.14. The Hall–Kier alpha value is -1.09. The van der Waals surface area contributed by atoms with Crippen LogP contribution >= 0.6 is 0 Å². The summed E-state index contributed by atoms with van der Waals surface area (Å²) in [6.07, 6.45) is 4.65. The predicted octanol–water partition coefficient (Wildman–Crippen LogP) is 1.65. The third-order valence-corrected chi connectivity index (χ3v) is 2.83. The average Bonchev–Trinajstić information content (AvgIpc) is 3.03. The third-order valence-electron chi connectivity index (χ3n) is 2.83. The van der Waals surface area contributed by atoms with Gasteiger partial charge in [0.25, 0.3) is 0 Å². The molecule has 1 fully saturated rings. The first-order chi connectivity index (χ1) is 7.31. The van der Waals surface area contributed by atoms with E-state index in [-0.39, 0.29) is 0 Å². The van der Waals surface area contributed by atoms with Crippen molar-refractivity contribution in [2.45, 2.75) is 19.4 Å². The molecule has 1 heterocycles. The maximum Gasteiger partial charge on any atom is 0.132 e. The highest BCUT2D eigenvalue weighted by Crippen LogP contribution is 2.31. The van der Waals surface area contributed by atoms with E-state index < -0.39 is 0 Å². The Balaban J connectivity index is 2.09. The first kappa shape index (κ1) is 10.4. The normalized spacial score (nSPS) is 15.3. The molecule has 0 radical (unpaired) electrons. The summed E-state index contributed by atoms with van der Waals surface area (Å²) in [7, 11) is 4.11. The number of pyridine rings is 1. The maximum atomic E-state index is 4.46. The Morgan fingerprint density at radius 1 is 1.53 bits per heavy atom. The van der Waals surface area contributed by atoms with E-state index in [0.717, 1.165) is 24.8 Å². The standard InChI is InChI=1S/C12H19N3/c1-13-8-11-4-3-7-14-12(11)15(2)9-10-5-6-10/h3-4,7,10,13H,5-6,8-9H2,1-2H3. The number of rotatable bonds is 5. The summed E-state index contributed by atoms with van der Waals surface area (Å²) in [5.41, 5.74) is 1.28. The van der Waals surface area contributed by atoms with Gasteiger partial charge >= 0.3 is 0 Å². The summed E-state index contributed by atoms with van der Waals surface area (Å²) in [5, 5.41) is 3.18. The van der Waals surface area contributed by atoms with Crippen LogP contribution in [0.4, 0.5) is 5.82 Å². The van der Waals surface area contributed by atoms with Crippen molar-refractivity contribution >= 4 is 5.82 Å². The van der Waals surface area contributed by atoms with Gasteiger partial charge in [0.1, 0.15) is 5.82 Å². The maximum absolute atomic E-state index is 4.46. The number of anilines is 1. The molecule has 3 nitrogen and oxygen atoms in total. The molecule has 0 aliphatic heterocycles. The molecular weight excluding hydrogens is 186 g/mol. The molecule has 0 amide bonds. The zero-order chi connectivity index (χ0) is 10.7. The SMILES string of the molecule is CNCc1cccnc1N(C)CC1CC1. The molecule has 0 bridgehead atoms. The fourth-order valence-corrected chi connectivity index (χ4v) is 1.88. The third kappa shape index (κ3) is 2.69. The fourth-order valence-electron chi connectivity index (χ4n) is 1.88. The monoisotopic (exact) mass is 205 g/mol. The highest BCUT2D eigenvalue weighted by molar-refractivity contribution is 5.46. The van der Waals surface area contributed by atoms with Crippen LogP contribution in [0.3, 0.4) is 0 Å². The van der Waals surface area contributed by atoms with Gasteiger partial charge in [-0.3, -0.25) is 0 Å². The molecule has 0 aromatic carbocycles. The van der Waals surface area contributed by atoms with Crippen LogP contribution < -0.4 is 10.2 Å². The van der Waals surface area contributed by atoms with Gasteiger partial charge in [-0.05, 0) is 31.9 Å². The number of nitrogens with zero attached hydrogens (tertiary/aromatic N) is 2. The topological polar surface area (TPSA) is 28.2 Å². The molecule has 1 N–H and O–H groups in total. The average molecular weight is 205 g/mol. The zero-order valence-electron chi connectivity index (χ0n) is 9.53. The van der Waals surface area contributed by atoms with Crippen LogP contribution in [0.5, 0.6) is 0 Å². The van der Waals surface area contributed by atoms with Gasteiger partial charge in [0.05, 0.1) is 0 Å². The van der Waals surface area contributed by atoms with Gasteiger partial charge in [0.2, 0.25) is 0 Å². The molecule has 1 saturated carbocycles. The lowest BCUT2D eigenvalue weighted by atomic mass is 10.2. The minimum absolute atomic E-state index is 0.887. The molecule has 3 heteroatoms. The van der Waals surface area contributed by atoms with Crippen LogP contribution in [0, 0.1) is 5.92 Å². The van der Waals surface area contributed by atoms with Crippen LogP contribution in [0.2, 0.25) is 0 Å². The molecule has 0 atom stereocenters. The Morgan fingerprint density at radius 3 is 3.00 bits per heavy atom. The number of aromatic nitrogens is 1. The molecule has 1 aliphatic rings. The Kier molecular flexibility index (Phi) is 3.21. The van der Waals surface area contributed by atoms with Gasteiger partial charge in [0, 0.05) is 31.9 Å². The van der Waals surface area contributed by atoms with Crippen LogP contribution in [-0.4, -0.2) is 25.6 Å². The van der Waals surface area contributed by atoms with Gasteiger partial charge in [-0.2, -0.15) is 0 Å². The largest absolute Gasteiger partial charge is 0.359 e. The molecule has 0 spiro atoms. The second-order valence-electron chi connectivity index (χ2n) is 4.34. The van der Waals surface area contributed by atoms with Gasteiger partial charge in [-0.25, -0.2) is 4.98 Å². The summed E-state index contributed by atoms with van der Waals surface area (Å²) < 4.78 is 0. The summed E-state index contributed by atoms with van der Waals surface area (Å²) in [5.74, 6) is 2.03. The van der Waals surface area contributed by atoms with Crippen molar-refractivity contribution in [1.29, 1.82) is 0 Å². The van der Waals surface area contributed by atoms with Crippen LogP contribution in [0.1, 0.15) is 18.4 Å². The number of hydrogen-bond acceptors (Lipinski definition) is 3. The van der Waals surface area contributed by atoms with Crippen molar-refractivity contribution in [3.05, 3.63) is 23.9 Å². The van der Waals surface area contributed by atoms with E-state index >= 15 is 0 Å². The molecule has 0 unspecified atom stereocenters. The number of nitrogens with one attached hydrogen (secondary N) is 1. The molecule has 82 valence electrons. The van der Waals surface area contributed by atoms with Crippen molar-refractivity contribution in [2.75, 3.05) is 25.5 Å². The number of hydrogen-bond donors (Lipinski definition) is 1. The van der Waals surface area contributed by atoms with Gasteiger partial charge < -0.3 is 10.2 Å². The Morgan fingerprint density at radius 2 is 2.33 bits per heavy atom. The fraction of sp³-hybridized carbons (Fsp3) is 0.583. The van der Waals surface area contributed by atoms with Crippen molar-refractivity contribution in [2.24, 2.45) is 5.92 Å². The van der Waals surface area contributed by atoms with Crippen LogP contribution in [-0.2, 0) is 6.54 Å². The van der Waals surface area contributed by atoms with Gasteiger partial charge in [0.15, 0.2) is 0 Å². The first-order valence-electron chi connectivity index (χ1n) is 5.61. The van der Waals surface area contributed by atoms with Crippen LogP contribution in [0.25, 0.3) is 0 Å². The first-order valence-corrected chi connectivity index (χ1v) is 5.61. The van der Waals surface area contributed by atoms with E-state index in [4.69, 9.17) is 0 Å². The smallest absolute Gasteiger partial charge is 0.132 e. The Bertz CT molecular complexity index is 320. The van der Waals surface area contributed by atoms with Crippen molar-refractivity contribution in [1.82, 2.24) is 10.3 Å². The van der Waals surface area contributed by atoms with Crippen molar-refractivity contribution in [3.63, 3.8) is 0 Å². The highest BCUT2D eigenvalue weighted by atomic mass is 15.2. The second kappa shape index (κ2) is 4.62. The molecule has 2 rings (SSSR count). The lowest BCUT2D eigenvalue weighted by molar-refractivity contribution is 0.755. The van der Waals surface area contributed by atoms with E-state index in [2.05, 4.69) is 28.3 Å². The van der Waals surface area contributed by atoms with Crippen molar-refractivity contribution in [3.8, 4) is 0 Å². The van der Waals surface area contributed by atoms with E-state index in [1.165, 1.54) is 18.4 Å². The molecule has 0 saturated heterocycles. The van der Waals surface area contributed by atoms with E-state index in [1.807, 2.05) is 19.3 Å². The van der Waals surface area contributed by atoms with Crippen molar-refractivity contribution < 1.29 is 0 Å². The molecule has 15 heavy (non-hydrogen) atoms. The molecule has 1 aromatic heterocycles.